The number of hydrogen-bond donors (Lipinski definition) is 1. The first-order valence-corrected chi connectivity index (χ1v) is 8.15. The second-order valence-electron chi connectivity index (χ2n) is 5.88. The van der Waals surface area contributed by atoms with Crippen LogP contribution in [0, 0.1) is 5.92 Å². The molecule has 0 aromatic heterocycles. The number of nitrogens with one attached hydrogen (secondary N) is 1. The van der Waals surface area contributed by atoms with Crippen LogP contribution in [0.1, 0.15) is 57.6 Å². The zero-order chi connectivity index (χ0) is 14.5. The summed E-state index contributed by atoms with van der Waals surface area (Å²) in [5.74, 6) is 1.65. The maximum Gasteiger partial charge on any atom is 0.138 e. The second kappa shape index (κ2) is 7.33. The van der Waals surface area contributed by atoms with E-state index in [-0.39, 0.29) is 0 Å². The summed E-state index contributed by atoms with van der Waals surface area (Å²) >= 11 is 6.37. The minimum atomic E-state index is 0.306. The highest BCUT2D eigenvalue weighted by Crippen LogP contribution is 2.33. The molecule has 1 aromatic rings. The number of halogens is 1. The fourth-order valence-corrected chi connectivity index (χ4v) is 3.18. The highest BCUT2D eigenvalue weighted by atomic mass is 35.5. The van der Waals surface area contributed by atoms with Crippen molar-refractivity contribution in [2.24, 2.45) is 5.92 Å². The van der Waals surface area contributed by atoms with Crippen LogP contribution in [0.4, 0.5) is 0 Å². The Hall–Kier alpha value is -0.730. The van der Waals surface area contributed by atoms with Gasteiger partial charge in [-0.15, -0.1) is 0 Å². The molecule has 1 saturated carbocycles. The summed E-state index contributed by atoms with van der Waals surface area (Å²) < 4.78 is 6.13. The van der Waals surface area contributed by atoms with Gasteiger partial charge in [0.05, 0.1) is 11.1 Å². The van der Waals surface area contributed by atoms with Crippen LogP contribution in [0.2, 0.25) is 5.02 Å². The third-order valence-corrected chi connectivity index (χ3v) is 4.79. The first-order valence-electron chi connectivity index (χ1n) is 7.77. The summed E-state index contributed by atoms with van der Waals surface area (Å²) in [6.45, 7) is 4.40. The van der Waals surface area contributed by atoms with Gasteiger partial charge < -0.3 is 10.1 Å². The molecular weight excluding hydrogens is 270 g/mol. The lowest BCUT2D eigenvalue weighted by molar-refractivity contribution is 0.122. The van der Waals surface area contributed by atoms with Crippen molar-refractivity contribution in [3.63, 3.8) is 0 Å². The molecule has 1 aliphatic carbocycles. The molecule has 0 spiro atoms. The minimum absolute atomic E-state index is 0.306. The Morgan fingerprint density at radius 1 is 1.40 bits per heavy atom. The molecule has 3 atom stereocenters. The molecule has 1 N–H and O–H groups in total. The first-order chi connectivity index (χ1) is 9.63. The standard InChI is InChI=1S/C17H26ClNO/c1-4-13-6-5-7-15(10-13)20-17-9-8-14(11-16(17)18)12(2)19-3/h8-9,11-13,15,19H,4-7,10H2,1-3H3. The van der Waals surface area contributed by atoms with E-state index in [0.717, 1.165) is 23.1 Å². The third kappa shape index (κ3) is 3.89. The molecule has 1 aliphatic rings. The highest BCUT2D eigenvalue weighted by molar-refractivity contribution is 6.32. The van der Waals surface area contributed by atoms with Crippen LogP contribution in [0.3, 0.4) is 0 Å². The SMILES string of the molecule is CCC1CCCC(Oc2ccc(C(C)NC)cc2Cl)C1. The molecular formula is C17H26ClNO. The van der Waals surface area contributed by atoms with Gasteiger partial charge in [-0.3, -0.25) is 0 Å². The highest BCUT2D eigenvalue weighted by Gasteiger charge is 2.22. The van der Waals surface area contributed by atoms with Gasteiger partial charge >= 0.3 is 0 Å². The molecule has 3 heteroatoms. The Kier molecular flexibility index (Phi) is 5.74. The van der Waals surface area contributed by atoms with Gasteiger partial charge in [0.2, 0.25) is 0 Å². The van der Waals surface area contributed by atoms with Gasteiger partial charge in [0.15, 0.2) is 0 Å². The molecule has 1 aromatic carbocycles. The average Bonchev–Trinajstić information content (AvgIpc) is 2.48. The maximum atomic E-state index is 6.37. The van der Waals surface area contributed by atoms with Crippen molar-refractivity contribution in [1.29, 1.82) is 0 Å². The summed E-state index contributed by atoms with van der Waals surface area (Å²) in [5, 5.41) is 3.95. The second-order valence-corrected chi connectivity index (χ2v) is 6.29. The maximum absolute atomic E-state index is 6.37. The molecule has 0 radical (unpaired) electrons. The van der Waals surface area contributed by atoms with Crippen LogP contribution in [0.15, 0.2) is 18.2 Å². The van der Waals surface area contributed by atoms with E-state index in [9.17, 15) is 0 Å². The molecule has 3 unspecified atom stereocenters. The van der Waals surface area contributed by atoms with Crippen molar-refractivity contribution in [3.05, 3.63) is 28.8 Å². The van der Waals surface area contributed by atoms with Gasteiger partial charge in [0.1, 0.15) is 5.75 Å². The third-order valence-electron chi connectivity index (χ3n) is 4.49. The number of ether oxygens (including phenoxy) is 1. The van der Waals surface area contributed by atoms with Crippen molar-refractivity contribution in [2.45, 2.75) is 58.1 Å². The van der Waals surface area contributed by atoms with Gasteiger partial charge in [0.25, 0.3) is 0 Å². The Balaban J connectivity index is 2.02. The van der Waals surface area contributed by atoms with Crippen LogP contribution < -0.4 is 10.1 Å². The molecule has 2 rings (SSSR count). The normalized spacial score (nSPS) is 24.4. The van der Waals surface area contributed by atoms with Crippen molar-refractivity contribution >= 4 is 11.6 Å². The van der Waals surface area contributed by atoms with Crippen molar-refractivity contribution in [1.82, 2.24) is 5.32 Å². The molecule has 1 fully saturated rings. The Bertz CT molecular complexity index is 435. The van der Waals surface area contributed by atoms with E-state index in [1.54, 1.807) is 0 Å². The van der Waals surface area contributed by atoms with E-state index >= 15 is 0 Å². The molecule has 0 saturated heterocycles. The van der Waals surface area contributed by atoms with Crippen LogP contribution in [-0.2, 0) is 0 Å². The van der Waals surface area contributed by atoms with Crippen molar-refractivity contribution in [3.8, 4) is 5.75 Å². The number of rotatable bonds is 5. The Morgan fingerprint density at radius 3 is 2.85 bits per heavy atom. The van der Waals surface area contributed by atoms with E-state index in [4.69, 9.17) is 16.3 Å². The van der Waals surface area contributed by atoms with Crippen LogP contribution >= 0.6 is 11.6 Å². The van der Waals surface area contributed by atoms with Crippen LogP contribution in [0.5, 0.6) is 5.75 Å². The quantitative estimate of drug-likeness (QED) is 0.828. The number of hydrogen-bond acceptors (Lipinski definition) is 2. The lowest BCUT2D eigenvalue weighted by Gasteiger charge is -2.29. The van der Waals surface area contributed by atoms with Crippen molar-refractivity contribution in [2.75, 3.05) is 7.05 Å². The zero-order valence-electron chi connectivity index (χ0n) is 12.8. The lowest BCUT2D eigenvalue weighted by atomic mass is 9.85. The average molecular weight is 296 g/mol. The summed E-state index contributed by atoms with van der Waals surface area (Å²) in [4.78, 5) is 0. The fraction of sp³-hybridized carbons (Fsp3) is 0.647. The molecule has 112 valence electrons. The zero-order valence-corrected chi connectivity index (χ0v) is 13.5. The molecule has 20 heavy (non-hydrogen) atoms. The first kappa shape index (κ1) is 15.7. The van der Waals surface area contributed by atoms with Crippen LogP contribution in [0.25, 0.3) is 0 Å². The molecule has 0 amide bonds. The Morgan fingerprint density at radius 2 is 2.20 bits per heavy atom. The number of benzene rings is 1. The topological polar surface area (TPSA) is 21.3 Å². The smallest absolute Gasteiger partial charge is 0.138 e. The van der Waals surface area contributed by atoms with E-state index in [1.165, 1.54) is 31.2 Å². The summed E-state index contributed by atoms with van der Waals surface area (Å²) in [5.41, 5.74) is 1.19. The predicted octanol–water partition coefficient (Wildman–Crippen LogP) is 4.97. The van der Waals surface area contributed by atoms with Gasteiger partial charge in [-0.25, -0.2) is 0 Å². The van der Waals surface area contributed by atoms with Gasteiger partial charge in [-0.05, 0) is 56.8 Å². The van der Waals surface area contributed by atoms with E-state index < -0.39 is 0 Å². The van der Waals surface area contributed by atoms with Gasteiger partial charge in [-0.2, -0.15) is 0 Å². The van der Waals surface area contributed by atoms with E-state index in [0.29, 0.717) is 12.1 Å². The lowest BCUT2D eigenvalue weighted by Crippen LogP contribution is -2.25. The molecule has 2 nitrogen and oxygen atoms in total. The summed E-state index contributed by atoms with van der Waals surface area (Å²) in [6, 6.07) is 6.43. The largest absolute Gasteiger partial charge is 0.489 e. The predicted molar refractivity (Wildman–Crippen MR) is 85.6 cm³/mol. The molecule has 0 aliphatic heterocycles. The molecule has 0 heterocycles. The Labute approximate surface area is 127 Å². The van der Waals surface area contributed by atoms with Gasteiger partial charge in [0, 0.05) is 6.04 Å². The fourth-order valence-electron chi connectivity index (χ4n) is 2.95. The van der Waals surface area contributed by atoms with E-state index in [1.807, 2.05) is 19.2 Å². The van der Waals surface area contributed by atoms with Crippen molar-refractivity contribution < 1.29 is 4.74 Å². The summed E-state index contributed by atoms with van der Waals surface area (Å²) in [7, 11) is 1.95. The van der Waals surface area contributed by atoms with Gasteiger partial charge in [-0.1, -0.05) is 37.4 Å². The van der Waals surface area contributed by atoms with E-state index in [2.05, 4.69) is 25.2 Å². The molecule has 0 bridgehead atoms. The monoisotopic (exact) mass is 295 g/mol. The minimum Gasteiger partial charge on any atom is -0.489 e. The van der Waals surface area contributed by atoms with Crippen LogP contribution in [-0.4, -0.2) is 13.2 Å². The summed E-state index contributed by atoms with van der Waals surface area (Å²) in [6.07, 6.45) is 6.53.